The highest BCUT2D eigenvalue weighted by Crippen LogP contribution is 2.29. The van der Waals surface area contributed by atoms with E-state index in [1.807, 2.05) is 30.3 Å². The number of aliphatic imine (C=N–C) groups is 1. The summed E-state index contributed by atoms with van der Waals surface area (Å²) < 4.78 is 19.7. The molecule has 0 bridgehead atoms. The minimum Gasteiger partial charge on any atom is -0.386 e. The van der Waals surface area contributed by atoms with E-state index in [0.717, 1.165) is 20.5 Å². The summed E-state index contributed by atoms with van der Waals surface area (Å²) in [6.45, 7) is 0.793. The predicted octanol–water partition coefficient (Wildman–Crippen LogP) is 3.63. The van der Waals surface area contributed by atoms with Crippen molar-refractivity contribution in [3.63, 3.8) is 0 Å². The molecule has 0 spiro atoms. The number of aliphatic hydroxyl groups is 1. The number of benzene rings is 2. The van der Waals surface area contributed by atoms with Gasteiger partial charge in [0.05, 0.1) is 6.10 Å². The monoisotopic (exact) mass is 401 g/mol. The van der Waals surface area contributed by atoms with Gasteiger partial charge in [0.25, 0.3) is 0 Å². The first-order chi connectivity index (χ1) is 13.6. The van der Waals surface area contributed by atoms with E-state index in [-0.39, 0.29) is 11.9 Å². The van der Waals surface area contributed by atoms with E-state index in [4.69, 9.17) is 4.74 Å². The first-order valence-electron chi connectivity index (χ1n) is 9.00. The number of hydrogen-bond acceptors (Lipinski definition) is 4. The Morgan fingerprint density at radius 1 is 1.14 bits per heavy atom. The number of methoxy groups -OCH3 is 1. The maximum atomic E-state index is 13.1. The average Bonchev–Trinajstić information content (AvgIpc) is 3.16. The average molecular weight is 402 g/mol. The lowest BCUT2D eigenvalue weighted by atomic mass is 10.1. The second kappa shape index (κ2) is 9.64. The molecule has 1 heterocycles. The van der Waals surface area contributed by atoms with Crippen LogP contribution >= 0.6 is 11.3 Å². The number of guanidine groups is 1. The van der Waals surface area contributed by atoms with Crippen molar-refractivity contribution in [1.82, 2.24) is 10.6 Å². The lowest BCUT2D eigenvalue weighted by molar-refractivity contribution is 0.106. The molecule has 1 aromatic heterocycles. The van der Waals surface area contributed by atoms with Crippen LogP contribution in [0.15, 0.2) is 59.6 Å². The molecule has 0 aliphatic carbocycles. The van der Waals surface area contributed by atoms with E-state index >= 15 is 0 Å². The van der Waals surface area contributed by atoms with Crippen molar-refractivity contribution in [2.75, 3.05) is 27.2 Å². The second-order valence-corrected chi connectivity index (χ2v) is 7.43. The summed E-state index contributed by atoms with van der Waals surface area (Å²) in [5.41, 5.74) is 0.872. The summed E-state index contributed by atoms with van der Waals surface area (Å²) in [7, 11) is 3.28. The molecule has 0 saturated carbocycles. The van der Waals surface area contributed by atoms with Crippen LogP contribution < -0.4 is 10.6 Å². The molecule has 3 aromatic rings. The highest BCUT2D eigenvalue weighted by atomic mass is 32.1. The number of aliphatic hydroxyl groups excluding tert-OH is 1. The number of halogens is 1. The molecule has 148 valence electrons. The van der Waals surface area contributed by atoms with Gasteiger partial charge in [0.1, 0.15) is 11.9 Å². The first kappa shape index (κ1) is 20.3. The molecule has 0 saturated heterocycles. The Kier molecular flexibility index (Phi) is 6.97. The van der Waals surface area contributed by atoms with Gasteiger partial charge in [-0.05, 0) is 35.2 Å². The SMILES string of the molecule is CN=C(NCC(O)c1cc2ccccc2s1)NCC(OC)c1ccc(F)cc1. The smallest absolute Gasteiger partial charge is 0.191 e. The molecule has 0 radical (unpaired) electrons. The summed E-state index contributed by atoms with van der Waals surface area (Å²) in [6, 6.07) is 16.3. The Labute approximate surface area is 167 Å². The molecular weight excluding hydrogens is 377 g/mol. The summed E-state index contributed by atoms with van der Waals surface area (Å²) in [5.74, 6) is 0.281. The fourth-order valence-corrected chi connectivity index (χ4v) is 3.94. The Balaban J connectivity index is 1.54. The molecule has 3 rings (SSSR count). The van der Waals surface area contributed by atoms with Crippen molar-refractivity contribution in [1.29, 1.82) is 0 Å². The van der Waals surface area contributed by atoms with Gasteiger partial charge >= 0.3 is 0 Å². The lowest BCUT2D eigenvalue weighted by Crippen LogP contribution is -2.41. The Morgan fingerprint density at radius 2 is 1.86 bits per heavy atom. The zero-order chi connectivity index (χ0) is 19.9. The van der Waals surface area contributed by atoms with Crippen LogP contribution in [0.5, 0.6) is 0 Å². The van der Waals surface area contributed by atoms with Gasteiger partial charge in [-0.1, -0.05) is 30.3 Å². The van der Waals surface area contributed by atoms with Crippen LogP contribution in [-0.4, -0.2) is 38.3 Å². The third-order valence-electron chi connectivity index (χ3n) is 4.44. The van der Waals surface area contributed by atoms with Gasteiger partial charge in [-0.15, -0.1) is 11.3 Å². The molecule has 0 aliphatic rings. The fraction of sp³-hybridized carbons (Fsp3) is 0.286. The lowest BCUT2D eigenvalue weighted by Gasteiger charge is -2.19. The number of hydrogen-bond donors (Lipinski definition) is 3. The van der Waals surface area contributed by atoms with Crippen molar-refractivity contribution in [3.05, 3.63) is 70.9 Å². The van der Waals surface area contributed by atoms with Crippen molar-refractivity contribution in [3.8, 4) is 0 Å². The van der Waals surface area contributed by atoms with E-state index in [1.54, 1.807) is 37.6 Å². The van der Waals surface area contributed by atoms with Gasteiger partial charge in [-0.3, -0.25) is 4.99 Å². The molecular formula is C21H24FN3O2S. The molecule has 0 amide bonds. The molecule has 7 heteroatoms. The van der Waals surface area contributed by atoms with Gasteiger partial charge < -0.3 is 20.5 Å². The number of thiophene rings is 1. The Hall–Kier alpha value is -2.48. The van der Waals surface area contributed by atoms with Crippen LogP contribution in [0.1, 0.15) is 22.6 Å². The van der Waals surface area contributed by atoms with Gasteiger partial charge in [-0.2, -0.15) is 0 Å². The quantitative estimate of drug-likeness (QED) is 0.418. The molecule has 2 aromatic carbocycles. The van der Waals surface area contributed by atoms with E-state index in [9.17, 15) is 9.50 Å². The largest absolute Gasteiger partial charge is 0.386 e. The summed E-state index contributed by atoms with van der Waals surface area (Å²) in [5, 5.41) is 17.9. The summed E-state index contributed by atoms with van der Waals surface area (Å²) in [4.78, 5) is 5.09. The number of nitrogens with zero attached hydrogens (tertiary/aromatic N) is 1. The Bertz CT molecular complexity index is 894. The first-order valence-corrected chi connectivity index (χ1v) is 9.81. The number of rotatable bonds is 7. The molecule has 3 N–H and O–H groups in total. The molecule has 28 heavy (non-hydrogen) atoms. The van der Waals surface area contributed by atoms with Crippen molar-refractivity contribution in [2.45, 2.75) is 12.2 Å². The molecule has 0 fully saturated rings. The van der Waals surface area contributed by atoms with E-state index in [2.05, 4.69) is 15.6 Å². The summed E-state index contributed by atoms with van der Waals surface area (Å²) >= 11 is 1.58. The molecule has 0 aliphatic heterocycles. The highest BCUT2D eigenvalue weighted by Gasteiger charge is 2.14. The van der Waals surface area contributed by atoms with Crippen LogP contribution in [-0.2, 0) is 4.74 Å². The van der Waals surface area contributed by atoms with E-state index < -0.39 is 6.10 Å². The van der Waals surface area contributed by atoms with Crippen LogP contribution in [0.2, 0.25) is 0 Å². The zero-order valence-electron chi connectivity index (χ0n) is 15.9. The maximum absolute atomic E-state index is 13.1. The molecule has 2 atom stereocenters. The zero-order valence-corrected chi connectivity index (χ0v) is 16.7. The standard InChI is InChI=1S/C21H24FN3O2S/c1-23-21(25-13-18(27-2)14-7-9-16(22)10-8-14)24-12-17(26)20-11-15-5-3-4-6-19(15)28-20/h3-11,17-18,26H,12-13H2,1-2H3,(H2,23,24,25). The maximum Gasteiger partial charge on any atom is 0.191 e. The van der Waals surface area contributed by atoms with Crippen molar-refractivity contribution >= 4 is 27.4 Å². The fourth-order valence-electron chi connectivity index (χ4n) is 2.89. The minimum atomic E-state index is -0.633. The van der Waals surface area contributed by atoms with E-state index in [0.29, 0.717) is 19.0 Å². The summed E-state index contributed by atoms with van der Waals surface area (Å²) in [6.07, 6.45) is -0.877. The highest BCUT2D eigenvalue weighted by molar-refractivity contribution is 7.19. The molecule has 5 nitrogen and oxygen atoms in total. The normalized spacial score (nSPS) is 14.1. The van der Waals surface area contributed by atoms with Crippen molar-refractivity contribution < 1.29 is 14.2 Å². The van der Waals surface area contributed by atoms with Crippen molar-refractivity contribution in [2.24, 2.45) is 4.99 Å². The third-order valence-corrected chi connectivity index (χ3v) is 5.66. The number of ether oxygens (including phenoxy) is 1. The van der Waals surface area contributed by atoms with Gasteiger partial charge in [0, 0.05) is 36.8 Å². The topological polar surface area (TPSA) is 65.9 Å². The molecule has 2 unspecified atom stereocenters. The predicted molar refractivity (Wildman–Crippen MR) is 112 cm³/mol. The van der Waals surface area contributed by atoms with Crippen LogP contribution in [0.3, 0.4) is 0 Å². The minimum absolute atomic E-state index is 0.244. The van der Waals surface area contributed by atoms with Crippen LogP contribution in [0, 0.1) is 5.82 Å². The van der Waals surface area contributed by atoms with E-state index in [1.165, 1.54) is 12.1 Å². The van der Waals surface area contributed by atoms with Gasteiger partial charge in [0.2, 0.25) is 0 Å². The third kappa shape index (κ3) is 5.07. The second-order valence-electron chi connectivity index (χ2n) is 6.31. The van der Waals surface area contributed by atoms with Gasteiger partial charge in [-0.25, -0.2) is 4.39 Å². The Morgan fingerprint density at radius 3 is 2.54 bits per heavy atom. The number of nitrogens with one attached hydrogen (secondary N) is 2. The van der Waals surface area contributed by atoms with Crippen LogP contribution in [0.4, 0.5) is 4.39 Å². The van der Waals surface area contributed by atoms with Gasteiger partial charge in [0.15, 0.2) is 5.96 Å². The number of fused-ring (bicyclic) bond motifs is 1. The van der Waals surface area contributed by atoms with Crippen LogP contribution in [0.25, 0.3) is 10.1 Å².